The Balaban J connectivity index is 2.21. The van der Waals surface area contributed by atoms with Gasteiger partial charge in [0.25, 0.3) is 0 Å². The van der Waals surface area contributed by atoms with Gasteiger partial charge >= 0.3 is 6.01 Å². The second-order valence-corrected chi connectivity index (χ2v) is 4.51. The lowest BCUT2D eigenvalue weighted by molar-refractivity contribution is 0.105. The molecule has 1 fully saturated rings. The third-order valence-electron chi connectivity index (χ3n) is 3.31. The van der Waals surface area contributed by atoms with Crippen molar-refractivity contribution < 1.29 is 9.84 Å². The summed E-state index contributed by atoms with van der Waals surface area (Å²) in [5, 5.41) is 10.0. The van der Waals surface area contributed by atoms with Crippen LogP contribution in [0.5, 0.6) is 6.01 Å². The largest absolute Gasteiger partial charge is 0.467 e. The summed E-state index contributed by atoms with van der Waals surface area (Å²) in [6.07, 6.45) is 3.55. The SMILES string of the molecule is COc1nc(N)nc(N(C)C2CCCCC2O)n1. The molecule has 2 atom stereocenters. The zero-order chi connectivity index (χ0) is 13.1. The molecule has 1 aromatic rings. The van der Waals surface area contributed by atoms with Crippen molar-refractivity contribution in [3.05, 3.63) is 0 Å². The van der Waals surface area contributed by atoms with Crippen molar-refractivity contribution in [3.63, 3.8) is 0 Å². The Morgan fingerprint density at radius 1 is 1.28 bits per heavy atom. The molecule has 7 heteroatoms. The van der Waals surface area contributed by atoms with Gasteiger partial charge in [0.05, 0.1) is 19.3 Å². The summed E-state index contributed by atoms with van der Waals surface area (Å²) in [6, 6.07) is 0.208. The molecule has 0 aromatic carbocycles. The van der Waals surface area contributed by atoms with Crippen molar-refractivity contribution in [1.82, 2.24) is 15.0 Å². The summed E-state index contributed by atoms with van der Waals surface area (Å²) in [4.78, 5) is 13.9. The highest BCUT2D eigenvalue weighted by molar-refractivity contribution is 5.36. The van der Waals surface area contributed by atoms with E-state index in [9.17, 15) is 5.11 Å². The molecule has 0 aliphatic heterocycles. The Labute approximate surface area is 106 Å². The standard InChI is InChI=1S/C11H19N5O2/c1-16(7-5-3-4-6-8(7)17)10-13-9(12)14-11(15-10)18-2/h7-8,17H,3-6H2,1-2H3,(H2,12,13,14,15). The van der Waals surface area contributed by atoms with Crippen LogP contribution in [0.4, 0.5) is 11.9 Å². The lowest BCUT2D eigenvalue weighted by atomic mass is 9.92. The number of anilines is 2. The van der Waals surface area contributed by atoms with Crippen LogP contribution in [0, 0.1) is 0 Å². The van der Waals surface area contributed by atoms with Gasteiger partial charge in [-0.15, -0.1) is 0 Å². The summed E-state index contributed by atoms with van der Waals surface area (Å²) >= 11 is 0. The van der Waals surface area contributed by atoms with E-state index in [1.807, 2.05) is 11.9 Å². The third-order valence-corrected chi connectivity index (χ3v) is 3.31. The number of aliphatic hydroxyl groups excluding tert-OH is 1. The molecule has 1 aliphatic carbocycles. The van der Waals surface area contributed by atoms with Gasteiger partial charge < -0.3 is 20.5 Å². The highest BCUT2D eigenvalue weighted by atomic mass is 16.5. The first kappa shape index (κ1) is 12.8. The van der Waals surface area contributed by atoms with Gasteiger partial charge in [-0.25, -0.2) is 0 Å². The second kappa shape index (κ2) is 5.34. The molecular weight excluding hydrogens is 234 g/mol. The maximum Gasteiger partial charge on any atom is 0.322 e. The molecule has 0 saturated heterocycles. The lowest BCUT2D eigenvalue weighted by Gasteiger charge is -2.35. The topological polar surface area (TPSA) is 97.4 Å². The van der Waals surface area contributed by atoms with E-state index >= 15 is 0 Å². The highest BCUT2D eigenvalue weighted by Crippen LogP contribution is 2.25. The van der Waals surface area contributed by atoms with Crippen LogP contribution in [0.1, 0.15) is 25.7 Å². The molecule has 0 bridgehead atoms. The van der Waals surface area contributed by atoms with Crippen molar-refractivity contribution >= 4 is 11.9 Å². The molecule has 1 aliphatic rings. The Hall–Kier alpha value is -1.63. The molecule has 1 saturated carbocycles. The zero-order valence-corrected chi connectivity index (χ0v) is 10.7. The van der Waals surface area contributed by atoms with Crippen molar-refractivity contribution in [1.29, 1.82) is 0 Å². The Kier molecular flexibility index (Phi) is 3.81. The van der Waals surface area contributed by atoms with Crippen molar-refractivity contribution in [2.75, 3.05) is 24.8 Å². The third kappa shape index (κ3) is 2.61. The quantitative estimate of drug-likeness (QED) is 0.794. The van der Waals surface area contributed by atoms with Gasteiger partial charge in [-0.3, -0.25) is 0 Å². The fraction of sp³-hybridized carbons (Fsp3) is 0.727. The van der Waals surface area contributed by atoms with E-state index in [4.69, 9.17) is 10.5 Å². The van der Waals surface area contributed by atoms with Crippen molar-refractivity contribution in [2.24, 2.45) is 0 Å². The van der Waals surface area contributed by atoms with Crippen LogP contribution in [0.2, 0.25) is 0 Å². The summed E-state index contributed by atoms with van der Waals surface area (Å²) < 4.78 is 4.97. The predicted octanol–water partition coefficient (Wildman–Crippen LogP) is 0.202. The van der Waals surface area contributed by atoms with Crippen LogP contribution >= 0.6 is 0 Å². The summed E-state index contributed by atoms with van der Waals surface area (Å²) in [5.74, 6) is 0.555. The average molecular weight is 253 g/mol. The molecule has 1 aromatic heterocycles. The smallest absolute Gasteiger partial charge is 0.322 e. The van der Waals surface area contributed by atoms with Crippen molar-refractivity contribution in [2.45, 2.75) is 37.8 Å². The molecule has 18 heavy (non-hydrogen) atoms. The second-order valence-electron chi connectivity index (χ2n) is 4.51. The van der Waals surface area contributed by atoms with E-state index in [1.165, 1.54) is 7.11 Å². The number of hydrogen-bond acceptors (Lipinski definition) is 7. The van der Waals surface area contributed by atoms with E-state index < -0.39 is 0 Å². The van der Waals surface area contributed by atoms with E-state index in [0.717, 1.165) is 25.7 Å². The lowest BCUT2D eigenvalue weighted by Crippen LogP contribution is -2.44. The number of aliphatic hydroxyl groups is 1. The normalized spacial score (nSPS) is 23.7. The van der Waals surface area contributed by atoms with Gasteiger partial charge in [-0.2, -0.15) is 15.0 Å². The monoisotopic (exact) mass is 253 g/mol. The van der Waals surface area contributed by atoms with Gasteiger partial charge in [0.1, 0.15) is 0 Å². The van der Waals surface area contributed by atoms with Crippen LogP contribution in [-0.2, 0) is 0 Å². The molecule has 3 N–H and O–H groups in total. The maximum absolute atomic E-state index is 10.0. The highest BCUT2D eigenvalue weighted by Gasteiger charge is 2.28. The first-order valence-corrected chi connectivity index (χ1v) is 6.08. The van der Waals surface area contributed by atoms with E-state index in [0.29, 0.717) is 5.95 Å². The van der Waals surface area contributed by atoms with Gasteiger partial charge in [0.2, 0.25) is 11.9 Å². The van der Waals surface area contributed by atoms with E-state index in [-0.39, 0.29) is 24.1 Å². The van der Waals surface area contributed by atoms with Crippen LogP contribution in [0.3, 0.4) is 0 Å². The van der Waals surface area contributed by atoms with Crippen LogP contribution in [0.25, 0.3) is 0 Å². The Bertz CT molecular complexity index is 414. The molecular formula is C11H19N5O2. The Morgan fingerprint density at radius 2 is 2.00 bits per heavy atom. The number of nitrogen functional groups attached to an aromatic ring is 1. The molecule has 0 amide bonds. The maximum atomic E-state index is 10.0. The number of rotatable bonds is 3. The predicted molar refractivity (Wildman–Crippen MR) is 67.5 cm³/mol. The van der Waals surface area contributed by atoms with Gasteiger partial charge in [0, 0.05) is 7.05 Å². The number of nitrogens with two attached hydrogens (primary N) is 1. The first-order valence-electron chi connectivity index (χ1n) is 6.08. The molecule has 2 rings (SSSR count). The minimum Gasteiger partial charge on any atom is -0.467 e. The van der Waals surface area contributed by atoms with Crippen LogP contribution in [-0.4, -0.2) is 46.4 Å². The molecule has 0 spiro atoms. The molecule has 2 unspecified atom stereocenters. The van der Waals surface area contributed by atoms with Gasteiger partial charge in [0.15, 0.2) is 0 Å². The molecule has 1 heterocycles. The molecule has 7 nitrogen and oxygen atoms in total. The number of methoxy groups -OCH3 is 1. The zero-order valence-electron chi connectivity index (χ0n) is 10.7. The minimum atomic E-state index is -0.354. The van der Waals surface area contributed by atoms with Crippen LogP contribution in [0.15, 0.2) is 0 Å². The summed E-state index contributed by atoms with van der Waals surface area (Å²) in [7, 11) is 3.33. The van der Waals surface area contributed by atoms with E-state index in [2.05, 4.69) is 15.0 Å². The summed E-state index contributed by atoms with van der Waals surface area (Å²) in [6.45, 7) is 0. The van der Waals surface area contributed by atoms with Crippen LogP contribution < -0.4 is 15.4 Å². The molecule has 100 valence electrons. The van der Waals surface area contributed by atoms with Gasteiger partial charge in [-0.05, 0) is 12.8 Å². The van der Waals surface area contributed by atoms with Crippen molar-refractivity contribution in [3.8, 4) is 6.01 Å². The number of nitrogens with zero attached hydrogens (tertiary/aromatic N) is 4. The van der Waals surface area contributed by atoms with E-state index in [1.54, 1.807) is 0 Å². The van der Waals surface area contributed by atoms with Gasteiger partial charge in [-0.1, -0.05) is 12.8 Å². The number of hydrogen-bond donors (Lipinski definition) is 2. The number of likely N-dealkylation sites (N-methyl/N-ethyl adjacent to an activating group) is 1. The number of ether oxygens (including phenoxy) is 1. The first-order chi connectivity index (χ1) is 8.61. The fourth-order valence-corrected chi connectivity index (χ4v) is 2.30. The Morgan fingerprint density at radius 3 is 2.67 bits per heavy atom. The average Bonchev–Trinajstić information content (AvgIpc) is 2.37. The fourth-order valence-electron chi connectivity index (χ4n) is 2.30. The minimum absolute atomic E-state index is 0.0188. The molecule has 0 radical (unpaired) electrons. The number of aromatic nitrogens is 3. The summed E-state index contributed by atoms with van der Waals surface area (Å²) in [5.41, 5.74) is 5.61.